The van der Waals surface area contributed by atoms with Crippen molar-refractivity contribution in [1.29, 1.82) is 0 Å². The van der Waals surface area contributed by atoms with Crippen molar-refractivity contribution in [2.45, 2.75) is 32.6 Å². The Bertz CT molecular complexity index is 626. The number of aryl methyl sites for hydroxylation is 2. The highest BCUT2D eigenvalue weighted by atomic mass is 32.1. The van der Waals surface area contributed by atoms with E-state index >= 15 is 0 Å². The molecular formula is C15H16N2S. The minimum atomic E-state index is 0.774. The lowest BCUT2D eigenvalue weighted by molar-refractivity contribution is 0.899. The van der Waals surface area contributed by atoms with E-state index in [1.165, 1.54) is 23.2 Å². The van der Waals surface area contributed by atoms with Crippen molar-refractivity contribution in [3.05, 3.63) is 45.7 Å². The van der Waals surface area contributed by atoms with Crippen LogP contribution in [0.1, 0.15) is 30.2 Å². The van der Waals surface area contributed by atoms with Crippen LogP contribution in [-0.2, 0) is 19.3 Å². The molecule has 1 aromatic heterocycles. The fourth-order valence-electron chi connectivity index (χ4n) is 2.49. The lowest BCUT2D eigenvalue weighted by Crippen LogP contribution is -1.97. The summed E-state index contributed by atoms with van der Waals surface area (Å²) in [5, 5.41) is 0. The third-order valence-corrected chi connectivity index (χ3v) is 3.93. The van der Waals surface area contributed by atoms with Crippen LogP contribution in [0.4, 0.5) is 0 Å². The molecule has 0 bridgehead atoms. The van der Waals surface area contributed by atoms with E-state index in [4.69, 9.17) is 12.2 Å². The summed E-state index contributed by atoms with van der Waals surface area (Å²) in [6.45, 7) is 2.16. The first kappa shape index (κ1) is 11.6. The molecule has 1 aliphatic rings. The van der Waals surface area contributed by atoms with Crippen molar-refractivity contribution in [2.24, 2.45) is 0 Å². The van der Waals surface area contributed by atoms with Gasteiger partial charge in [0.05, 0.1) is 0 Å². The van der Waals surface area contributed by atoms with Crippen molar-refractivity contribution >= 4 is 12.2 Å². The summed E-state index contributed by atoms with van der Waals surface area (Å²) in [5.41, 5.74) is 5.00. The predicted molar refractivity (Wildman–Crippen MR) is 76.3 cm³/mol. The summed E-state index contributed by atoms with van der Waals surface area (Å²) in [5.74, 6) is 0.906. The number of hydrogen-bond acceptors (Lipinski definition) is 2. The highest BCUT2D eigenvalue weighted by Gasteiger charge is 2.15. The first-order valence-corrected chi connectivity index (χ1v) is 6.90. The van der Waals surface area contributed by atoms with E-state index in [0.29, 0.717) is 0 Å². The van der Waals surface area contributed by atoms with E-state index in [1.807, 2.05) is 0 Å². The Balaban J connectivity index is 2.06. The van der Waals surface area contributed by atoms with Crippen molar-refractivity contribution in [3.63, 3.8) is 0 Å². The standard InChI is InChI=1S/C15H16N2S/c1-2-10-6-8-11(9-7-10)14-16-13-5-3-4-12(13)15(18)17-14/h6-9H,2-5H2,1H3,(H,16,17,18). The van der Waals surface area contributed by atoms with Crippen LogP contribution >= 0.6 is 12.2 Å². The molecule has 1 N–H and O–H groups in total. The fraction of sp³-hybridized carbons (Fsp3) is 0.333. The van der Waals surface area contributed by atoms with Gasteiger partial charge in [0.25, 0.3) is 0 Å². The Kier molecular flexibility index (Phi) is 3.00. The zero-order chi connectivity index (χ0) is 12.5. The number of nitrogens with one attached hydrogen (secondary N) is 1. The van der Waals surface area contributed by atoms with Crippen LogP contribution in [0.5, 0.6) is 0 Å². The molecule has 0 spiro atoms. The van der Waals surface area contributed by atoms with E-state index in [9.17, 15) is 0 Å². The normalized spacial score (nSPS) is 13.6. The Morgan fingerprint density at radius 2 is 2.00 bits per heavy atom. The summed E-state index contributed by atoms with van der Waals surface area (Å²) in [6.07, 6.45) is 4.43. The van der Waals surface area contributed by atoms with Gasteiger partial charge in [-0.05, 0) is 31.2 Å². The molecule has 0 radical (unpaired) electrons. The fourth-order valence-corrected chi connectivity index (χ4v) is 2.81. The van der Waals surface area contributed by atoms with Gasteiger partial charge in [0.1, 0.15) is 10.5 Å². The van der Waals surface area contributed by atoms with E-state index in [1.54, 1.807) is 0 Å². The molecule has 0 aliphatic heterocycles. The van der Waals surface area contributed by atoms with E-state index in [2.05, 4.69) is 41.2 Å². The smallest absolute Gasteiger partial charge is 0.139 e. The van der Waals surface area contributed by atoms with Crippen LogP contribution in [0, 0.1) is 4.64 Å². The van der Waals surface area contributed by atoms with Gasteiger partial charge in [0.2, 0.25) is 0 Å². The maximum atomic E-state index is 5.38. The first-order chi connectivity index (χ1) is 8.78. The minimum absolute atomic E-state index is 0.774. The predicted octanol–water partition coefficient (Wildman–Crippen LogP) is 3.86. The van der Waals surface area contributed by atoms with Crippen LogP contribution in [0.2, 0.25) is 0 Å². The highest BCUT2D eigenvalue weighted by molar-refractivity contribution is 7.71. The number of fused-ring (bicyclic) bond motifs is 1. The Hall–Kier alpha value is -1.48. The van der Waals surface area contributed by atoms with Gasteiger partial charge in [0, 0.05) is 16.8 Å². The molecular weight excluding hydrogens is 240 g/mol. The second-order valence-corrected chi connectivity index (χ2v) is 5.14. The molecule has 2 nitrogen and oxygen atoms in total. The molecule has 0 amide bonds. The van der Waals surface area contributed by atoms with Gasteiger partial charge in [-0.25, -0.2) is 4.98 Å². The summed E-state index contributed by atoms with van der Waals surface area (Å²) in [4.78, 5) is 7.97. The quantitative estimate of drug-likeness (QED) is 0.827. The zero-order valence-corrected chi connectivity index (χ0v) is 11.3. The maximum Gasteiger partial charge on any atom is 0.139 e. The molecule has 3 heteroatoms. The molecule has 0 fully saturated rings. The molecule has 0 atom stereocenters. The van der Waals surface area contributed by atoms with Crippen molar-refractivity contribution < 1.29 is 0 Å². The first-order valence-electron chi connectivity index (χ1n) is 6.49. The molecule has 0 saturated carbocycles. The molecule has 1 aliphatic carbocycles. The number of aromatic amines is 1. The van der Waals surface area contributed by atoms with Crippen molar-refractivity contribution in [2.75, 3.05) is 0 Å². The van der Waals surface area contributed by atoms with Crippen LogP contribution in [0.25, 0.3) is 11.4 Å². The third-order valence-electron chi connectivity index (χ3n) is 3.59. The third kappa shape index (κ3) is 1.99. The van der Waals surface area contributed by atoms with Gasteiger partial charge >= 0.3 is 0 Å². The van der Waals surface area contributed by atoms with E-state index in [-0.39, 0.29) is 0 Å². The largest absolute Gasteiger partial charge is 0.343 e. The topological polar surface area (TPSA) is 28.7 Å². The average molecular weight is 256 g/mol. The summed E-state index contributed by atoms with van der Waals surface area (Å²) in [6, 6.07) is 8.55. The maximum absolute atomic E-state index is 5.38. The van der Waals surface area contributed by atoms with Gasteiger partial charge in [-0.15, -0.1) is 0 Å². The summed E-state index contributed by atoms with van der Waals surface area (Å²) in [7, 11) is 0. The van der Waals surface area contributed by atoms with Gasteiger partial charge in [0.15, 0.2) is 0 Å². The van der Waals surface area contributed by atoms with Crippen molar-refractivity contribution in [1.82, 2.24) is 9.97 Å². The van der Waals surface area contributed by atoms with Gasteiger partial charge in [-0.3, -0.25) is 0 Å². The molecule has 18 heavy (non-hydrogen) atoms. The Morgan fingerprint density at radius 3 is 2.72 bits per heavy atom. The monoisotopic (exact) mass is 256 g/mol. The minimum Gasteiger partial charge on any atom is -0.343 e. The summed E-state index contributed by atoms with van der Waals surface area (Å²) < 4.78 is 0.774. The van der Waals surface area contributed by atoms with Gasteiger partial charge in [-0.2, -0.15) is 0 Å². The molecule has 2 aromatic rings. The molecule has 1 aromatic carbocycles. The van der Waals surface area contributed by atoms with Crippen molar-refractivity contribution in [3.8, 4) is 11.4 Å². The average Bonchev–Trinajstić information content (AvgIpc) is 2.88. The molecule has 92 valence electrons. The number of rotatable bonds is 2. The van der Waals surface area contributed by atoms with Crippen LogP contribution in [0.3, 0.4) is 0 Å². The number of benzene rings is 1. The van der Waals surface area contributed by atoms with Crippen LogP contribution in [0.15, 0.2) is 24.3 Å². The van der Waals surface area contributed by atoms with E-state index < -0.39 is 0 Å². The number of nitrogens with zero attached hydrogens (tertiary/aromatic N) is 1. The zero-order valence-electron chi connectivity index (χ0n) is 10.5. The molecule has 0 saturated heterocycles. The second kappa shape index (κ2) is 4.65. The highest BCUT2D eigenvalue weighted by Crippen LogP contribution is 2.24. The summed E-state index contributed by atoms with van der Waals surface area (Å²) >= 11 is 5.38. The van der Waals surface area contributed by atoms with Crippen LogP contribution < -0.4 is 0 Å². The van der Waals surface area contributed by atoms with E-state index in [0.717, 1.165) is 35.3 Å². The number of H-pyrrole nitrogens is 1. The van der Waals surface area contributed by atoms with Crippen LogP contribution in [-0.4, -0.2) is 9.97 Å². The molecule has 1 heterocycles. The van der Waals surface area contributed by atoms with Gasteiger partial charge in [-0.1, -0.05) is 43.4 Å². The SMILES string of the molecule is CCc1ccc(-c2nc(=S)c3c([nH]2)CCC3)cc1. The Morgan fingerprint density at radius 1 is 1.22 bits per heavy atom. The molecule has 3 rings (SSSR count). The number of aromatic nitrogens is 2. The Labute approximate surface area is 112 Å². The molecule has 0 unspecified atom stereocenters. The lowest BCUT2D eigenvalue weighted by atomic mass is 10.1. The lowest BCUT2D eigenvalue weighted by Gasteiger charge is -2.06. The second-order valence-electron chi connectivity index (χ2n) is 4.75. The van der Waals surface area contributed by atoms with Gasteiger partial charge < -0.3 is 4.98 Å². The number of hydrogen-bond donors (Lipinski definition) is 1.